The van der Waals surface area contributed by atoms with Crippen molar-refractivity contribution in [3.63, 3.8) is 0 Å². The Balaban J connectivity index is 1.75. The van der Waals surface area contributed by atoms with Crippen LogP contribution in [-0.4, -0.2) is 47.2 Å². The van der Waals surface area contributed by atoms with E-state index in [1.54, 1.807) is 0 Å². The summed E-state index contributed by atoms with van der Waals surface area (Å²) >= 11 is 0. The van der Waals surface area contributed by atoms with E-state index in [-0.39, 0.29) is 12.8 Å². The van der Waals surface area contributed by atoms with E-state index < -0.39 is 60.5 Å². The van der Waals surface area contributed by atoms with Gasteiger partial charge in [0.15, 0.2) is 11.6 Å². The highest BCUT2D eigenvalue weighted by atomic mass is 19.1. The average Bonchev–Trinajstić information content (AvgIpc) is 2.99. The molecule has 0 bridgehead atoms. The van der Waals surface area contributed by atoms with Crippen LogP contribution in [-0.2, 0) is 19.0 Å². The summed E-state index contributed by atoms with van der Waals surface area (Å²) in [5.74, 6) is -4.66. The van der Waals surface area contributed by atoms with Gasteiger partial charge in [0.1, 0.15) is 0 Å². The zero-order chi connectivity index (χ0) is 22.4. The minimum absolute atomic E-state index is 0.221. The largest absolute Gasteiger partial charge is 0.505 e. The maximum absolute atomic E-state index is 13.9. The molecular weight excluding hydrogens is 408 g/mol. The normalized spacial score (nSPS) is 28.0. The van der Waals surface area contributed by atoms with E-state index in [0.717, 1.165) is 25.2 Å². The number of ether oxygens (including phenoxy) is 1. The van der Waals surface area contributed by atoms with Crippen LogP contribution in [0, 0.1) is 23.6 Å². The summed E-state index contributed by atoms with van der Waals surface area (Å²) in [6.45, 7) is 1.97. The Morgan fingerprint density at radius 2 is 2.06 bits per heavy atom. The van der Waals surface area contributed by atoms with E-state index in [9.17, 15) is 28.9 Å². The Morgan fingerprint density at radius 3 is 2.71 bits per heavy atom. The van der Waals surface area contributed by atoms with Crippen molar-refractivity contribution in [1.29, 1.82) is 0 Å². The third-order valence-electron chi connectivity index (χ3n) is 6.46. The second kappa shape index (κ2) is 8.09. The first kappa shape index (κ1) is 21.5. The molecule has 0 saturated carbocycles. The smallest absolute Gasteiger partial charge is 0.487 e. The number of rotatable bonds is 3. The molecule has 31 heavy (non-hydrogen) atoms. The number of phenolic OH excluding ortho intramolecular Hbond substituents is 1. The lowest BCUT2D eigenvalue weighted by Gasteiger charge is -2.42. The Bertz CT molecular complexity index is 980. The molecule has 1 aliphatic carbocycles. The van der Waals surface area contributed by atoms with Crippen LogP contribution >= 0.6 is 0 Å². The first-order valence-electron chi connectivity index (χ1n) is 10.3. The van der Waals surface area contributed by atoms with E-state index >= 15 is 0 Å². The summed E-state index contributed by atoms with van der Waals surface area (Å²) < 4.78 is 24.3. The minimum Gasteiger partial charge on any atom is -0.505 e. The molecule has 10 heteroatoms. The van der Waals surface area contributed by atoms with Crippen molar-refractivity contribution in [2.24, 2.45) is 17.8 Å². The first-order valence-corrected chi connectivity index (χ1v) is 10.3. The standard InChI is InChI=1S/C21H23BFNO7/c1-3-4-11-7-13-17(20(27)24(19(13)26)21(28)30-2)12-9-16(31-22(29)18(11)12)10-5-6-15(25)14(23)8-10/h5-6,8,12-13,16-17,25,29H,3-4,7,9H2,1-2H3/t12-,13-,16-,17+/m0/s1. The SMILES string of the molecule is CCCC1=C2B(O)O[C@H](c3ccc(O)c(F)c3)C[C@H]2[C@H]2C(=O)N(C(=O)OC)C(=O)[C@H]2C1. The second-order valence-corrected chi connectivity index (χ2v) is 8.16. The summed E-state index contributed by atoms with van der Waals surface area (Å²) in [5.41, 5.74) is 1.82. The topological polar surface area (TPSA) is 113 Å². The van der Waals surface area contributed by atoms with Gasteiger partial charge in [-0.15, -0.1) is 0 Å². The van der Waals surface area contributed by atoms with Gasteiger partial charge in [0, 0.05) is 0 Å². The fourth-order valence-electron chi connectivity index (χ4n) is 5.16. The Morgan fingerprint density at radius 1 is 1.32 bits per heavy atom. The molecule has 164 valence electrons. The van der Waals surface area contributed by atoms with Gasteiger partial charge in [-0.3, -0.25) is 9.59 Å². The molecule has 2 heterocycles. The van der Waals surface area contributed by atoms with Gasteiger partial charge < -0.3 is 19.5 Å². The van der Waals surface area contributed by atoms with E-state index in [4.69, 9.17) is 4.65 Å². The van der Waals surface area contributed by atoms with Crippen LogP contribution in [0.5, 0.6) is 5.75 Å². The molecule has 3 aliphatic rings. The molecule has 0 aromatic heterocycles. The number of likely N-dealkylation sites (tertiary alicyclic amines) is 1. The number of fused-ring (bicyclic) bond motifs is 3. The van der Waals surface area contributed by atoms with E-state index in [1.807, 2.05) is 6.92 Å². The number of amides is 3. The van der Waals surface area contributed by atoms with Gasteiger partial charge >= 0.3 is 13.2 Å². The molecule has 0 radical (unpaired) electrons. The lowest BCUT2D eigenvalue weighted by molar-refractivity contribution is -0.137. The molecule has 8 nitrogen and oxygen atoms in total. The summed E-state index contributed by atoms with van der Waals surface area (Å²) in [7, 11) is -0.219. The number of benzene rings is 1. The number of carbonyl (C=O) groups excluding carboxylic acids is 3. The molecule has 2 N–H and O–H groups in total. The molecule has 2 fully saturated rings. The number of phenols is 1. The highest BCUT2D eigenvalue weighted by molar-refractivity contribution is 6.53. The summed E-state index contributed by atoms with van der Waals surface area (Å²) in [4.78, 5) is 38.6. The van der Waals surface area contributed by atoms with Gasteiger partial charge in [0.2, 0.25) is 11.8 Å². The number of aromatic hydroxyl groups is 1. The van der Waals surface area contributed by atoms with Crippen LogP contribution in [0.4, 0.5) is 9.18 Å². The van der Waals surface area contributed by atoms with Crippen molar-refractivity contribution in [3.8, 4) is 5.75 Å². The number of hydrogen-bond donors (Lipinski definition) is 2. The molecule has 2 saturated heterocycles. The van der Waals surface area contributed by atoms with E-state index in [1.165, 1.54) is 12.1 Å². The Labute approximate surface area is 178 Å². The fraction of sp³-hybridized carbons (Fsp3) is 0.476. The summed E-state index contributed by atoms with van der Waals surface area (Å²) in [6.07, 6.45) is 0.0994. The van der Waals surface area contributed by atoms with Crippen molar-refractivity contribution < 1.29 is 38.3 Å². The molecule has 1 aromatic carbocycles. The molecular formula is C21H23BFNO7. The lowest BCUT2D eigenvalue weighted by atomic mass is 9.54. The number of nitrogens with zero attached hydrogens (tertiary/aromatic N) is 1. The lowest BCUT2D eigenvalue weighted by Crippen LogP contribution is -2.45. The minimum atomic E-state index is -1.32. The molecule has 4 rings (SSSR count). The third kappa shape index (κ3) is 3.43. The molecule has 4 atom stereocenters. The second-order valence-electron chi connectivity index (χ2n) is 8.16. The van der Waals surface area contributed by atoms with Crippen LogP contribution in [0.3, 0.4) is 0 Å². The zero-order valence-electron chi connectivity index (χ0n) is 17.2. The van der Waals surface area contributed by atoms with Crippen LogP contribution in [0.1, 0.15) is 44.3 Å². The number of imide groups is 3. The third-order valence-corrected chi connectivity index (χ3v) is 6.46. The quantitative estimate of drug-likeness (QED) is 0.559. The molecule has 0 spiro atoms. The Kier molecular flexibility index (Phi) is 5.61. The van der Waals surface area contributed by atoms with Crippen LogP contribution in [0.25, 0.3) is 0 Å². The first-order chi connectivity index (χ1) is 14.8. The predicted molar refractivity (Wildman–Crippen MR) is 106 cm³/mol. The average molecular weight is 431 g/mol. The van der Waals surface area contributed by atoms with Gasteiger partial charge in [0.05, 0.1) is 25.0 Å². The van der Waals surface area contributed by atoms with Gasteiger partial charge in [-0.2, -0.15) is 4.90 Å². The highest BCUT2D eigenvalue weighted by Crippen LogP contribution is 2.52. The summed E-state index contributed by atoms with van der Waals surface area (Å²) in [6, 6.07) is 3.80. The Hall–Kier alpha value is -2.72. The van der Waals surface area contributed by atoms with Crippen LogP contribution < -0.4 is 0 Å². The van der Waals surface area contributed by atoms with Crippen molar-refractivity contribution in [3.05, 3.63) is 40.6 Å². The van der Waals surface area contributed by atoms with Gasteiger partial charge in [-0.1, -0.05) is 25.0 Å². The predicted octanol–water partition coefficient (Wildman–Crippen LogP) is 2.50. The van der Waals surface area contributed by atoms with Crippen molar-refractivity contribution in [2.45, 2.75) is 38.7 Å². The number of allylic oxidation sites excluding steroid dienone is 2. The van der Waals surface area contributed by atoms with Gasteiger partial charge in [0.25, 0.3) is 0 Å². The fourth-order valence-corrected chi connectivity index (χ4v) is 5.16. The van der Waals surface area contributed by atoms with E-state index in [2.05, 4.69) is 4.74 Å². The molecule has 0 unspecified atom stereocenters. The molecule has 2 aliphatic heterocycles. The van der Waals surface area contributed by atoms with Crippen molar-refractivity contribution in [2.75, 3.05) is 7.11 Å². The number of carbonyl (C=O) groups is 3. The van der Waals surface area contributed by atoms with E-state index in [0.29, 0.717) is 22.4 Å². The molecule has 3 amide bonds. The monoisotopic (exact) mass is 431 g/mol. The van der Waals surface area contributed by atoms with Gasteiger partial charge in [-0.05, 0) is 48.3 Å². The zero-order valence-corrected chi connectivity index (χ0v) is 17.2. The summed E-state index contributed by atoms with van der Waals surface area (Å²) in [5, 5.41) is 20.3. The maximum Gasteiger partial charge on any atom is 0.487 e. The number of hydrogen-bond acceptors (Lipinski definition) is 7. The number of methoxy groups -OCH3 is 1. The van der Waals surface area contributed by atoms with Gasteiger partial charge in [-0.25, -0.2) is 9.18 Å². The van der Waals surface area contributed by atoms with Crippen LogP contribution in [0.15, 0.2) is 29.2 Å². The van der Waals surface area contributed by atoms with Crippen molar-refractivity contribution >= 4 is 25.0 Å². The number of halogens is 1. The maximum atomic E-state index is 13.9. The van der Waals surface area contributed by atoms with Crippen LogP contribution in [0.2, 0.25) is 0 Å². The van der Waals surface area contributed by atoms with Crippen molar-refractivity contribution in [1.82, 2.24) is 4.90 Å². The molecule has 1 aromatic rings. The highest BCUT2D eigenvalue weighted by Gasteiger charge is 2.59.